The molecule has 8 aromatic carbocycles. The second-order valence-electron chi connectivity index (χ2n) is 14.2. The van der Waals surface area contributed by atoms with E-state index in [-0.39, 0.29) is 0 Å². The molecule has 3 heteroatoms. The van der Waals surface area contributed by atoms with Crippen LogP contribution in [0.2, 0.25) is 0 Å². The van der Waals surface area contributed by atoms with Crippen molar-refractivity contribution in [3.63, 3.8) is 0 Å². The number of fused-ring (bicyclic) bond motifs is 7. The van der Waals surface area contributed by atoms with Crippen LogP contribution in [0.4, 0.5) is 0 Å². The van der Waals surface area contributed by atoms with E-state index < -0.39 is 0 Å². The summed E-state index contributed by atoms with van der Waals surface area (Å²) in [7, 11) is 0. The highest BCUT2D eigenvalue weighted by Crippen LogP contribution is 2.43. The smallest absolute Gasteiger partial charge is 0.160 e. The molecule has 2 aromatic heterocycles. The van der Waals surface area contributed by atoms with Crippen molar-refractivity contribution in [2.24, 2.45) is 0 Å². The van der Waals surface area contributed by atoms with Crippen molar-refractivity contribution < 1.29 is 0 Å². The summed E-state index contributed by atoms with van der Waals surface area (Å²) in [6.07, 6.45) is 0.800. The molecule has 0 atom stereocenters. The molecule has 10 aromatic rings. The van der Waals surface area contributed by atoms with Gasteiger partial charge in [0.05, 0.1) is 22.4 Å². The molecule has 0 N–H and O–H groups in total. The highest BCUT2D eigenvalue weighted by Gasteiger charge is 2.27. The minimum absolute atomic E-state index is 0.748. The van der Waals surface area contributed by atoms with E-state index in [2.05, 4.69) is 187 Å². The Kier molecular flexibility index (Phi) is 6.93. The highest BCUT2D eigenvalue weighted by atomic mass is 15.0. The van der Waals surface area contributed by atoms with Gasteiger partial charge in [-0.25, -0.2) is 9.97 Å². The Bertz CT molecular complexity index is 3010. The van der Waals surface area contributed by atoms with Crippen molar-refractivity contribution in [1.82, 2.24) is 14.5 Å². The van der Waals surface area contributed by atoms with E-state index in [0.29, 0.717) is 0 Å². The van der Waals surface area contributed by atoms with E-state index in [4.69, 9.17) is 9.97 Å². The Hall–Kier alpha value is -7.10. The summed E-state index contributed by atoms with van der Waals surface area (Å²) >= 11 is 0. The average molecular weight is 688 g/mol. The van der Waals surface area contributed by atoms with Crippen LogP contribution in [0.15, 0.2) is 188 Å². The quantitative estimate of drug-likeness (QED) is 0.180. The molecule has 2 heterocycles. The summed E-state index contributed by atoms with van der Waals surface area (Å²) in [6.45, 7) is 0. The minimum Gasteiger partial charge on any atom is -0.309 e. The van der Waals surface area contributed by atoms with Crippen LogP contribution in [-0.4, -0.2) is 14.5 Å². The number of nitrogens with zero attached hydrogens (tertiary/aromatic N) is 3. The molecular formula is C51H33N3. The molecule has 1 aliphatic rings. The van der Waals surface area contributed by atoms with E-state index in [1.807, 2.05) is 6.07 Å². The van der Waals surface area contributed by atoms with E-state index in [1.165, 1.54) is 77.2 Å². The fraction of sp³-hybridized carbons (Fsp3) is 0.0196. The lowest BCUT2D eigenvalue weighted by molar-refractivity contribution is 1.13. The predicted molar refractivity (Wildman–Crippen MR) is 224 cm³/mol. The number of rotatable bonds is 5. The van der Waals surface area contributed by atoms with Crippen molar-refractivity contribution in [3.05, 3.63) is 199 Å². The van der Waals surface area contributed by atoms with Gasteiger partial charge in [-0.1, -0.05) is 146 Å². The first kappa shape index (κ1) is 30.5. The Labute approximate surface area is 313 Å². The lowest BCUT2D eigenvalue weighted by Crippen LogP contribution is -1.99. The lowest BCUT2D eigenvalue weighted by Gasteiger charge is -2.13. The second-order valence-corrected chi connectivity index (χ2v) is 14.2. The van der Waals surface area contributed by atoms with Gasteiger partial charge in [-0.05, 0) is 81.1 Å². The van der Waals surface area contributed by atoms with Crippen molar-refractivity contribution in [3.8, 4) is 61.8 Å². The second kappa shape index (κ2) is 12.3. The van der Waals surface area contributed by atoms with Crippen LogP contribution in [0.1, 0.15) is 11.1 Å². The fourth-order valence-corrected chi connectivity index (χ4v) is 8.38. The summed E-state index contributed by atoms with van der Waals surface area (Å²) in [4.78, 5) is 10.5. The van der Waals surface area contributed by atoms with Crippen LogP contribution < -0.4 is 0 Å². The third-order valence-corrected chi connectivity index (χ3v) is 11.0. The Morgan fingerprint density at radius 1 is 0.389 bits per heavy atom. The average Bonchev–Trinajstić information content (AvgIpc) is 3.79. The van der Waals surface area contributed by atoms with E-state index in [1.54, 1.807) is 0 Å². The number of hydrogen-bond acceptors (Lipinski definition) is 2. The molecule has 0 radical (unpaired) electrons. The van der Waals surface area contributed by atoms with Crippen molar-refractivity contribution >= 4 is 32.6 Å². The lowest BCUT2D eigenvalue weighted by atomic mass is 9.97. The number of benzene rings is 8. The molecule has 252 valence electrons. The maximum absolute atomic E-state index is 5.28. The van der Waals surface area contributed by atoms with Gasteiger partial charge in [0.2, 0.25) is 0 Å². The summed E-state index contributed by atoms with van der Waals surface area (Å²) in [5, 5.41) is 4.98. The van der Waals surface area contributed by atoms with Crippen molar-refractivity contribution in [2.75, 3.05) is 0 Å². The zero-order chi connectivity index (χ0) is 35.6. The number of hydrogen-bond donors (Lipinski definition) is 0. The number of aromatic nitrogens is 3. The predicted octanol–water partition coefficient (Wildman–Crippen LogP) is 13.0. The summed E-state index contributed by atoms with van der Waals surface area (Å²) < 4.78 is 2.38. The van der Waals surface area contributed by atoms with Crippen LogP contribution in [-0.2, 0) is 6.42 Å². The van der Waals surface area contributed by atoms with Crippen molar-refractivity contribution in [2.45, 2.75) is 6.42 Å². The molecular weight excluding hydrogens is 655 g/mol. The molecule has 3 nitrogen and oxygen atoms in total. The monoisotopic (exact) mass is 687 g/mol. The van der Waals surface area contributed by atoms with Crippen LogP contribution in [0.3, 0.4) is 0 Å². The van der Waals surface area contributed by atoms with Crippen LogP contribution in [0.5, 0.6) is 0 Å². The molecule has 0 unspecified atom stereocenters. The molecule has 0 saturated carbocycles. The Morgan fingerprint density at radius 3 is 1.74 bits per heavy atom. The fourth-order valence-electron chi connectivity index (χ4n) is 8.38. The van der Waals surface area contributed by atoms with Crippen molar-refractivity contribution in [1.29, 1.82) is 0 Å². The standard InChI is InChI=1S/C51H33N3/c1-3-12-33(13-4-1)35-16-11-17-41(29-35)49-46-32-40-25-24-39(31-45(40)50(46)53-51(52-49)34-14-5-2-6-15-34)36-22-23-38-30-42(27-26-37(38)28-36)54-47-20-9-7-18-43(47)44-19-8-10-21-48(44)54/h1-31H,32H2. The maximum Gasteiger partial charge on any atom is 0.160 e. The minimum atomic E-state index is 0.748. The van der Waals surface area contributed by atoms with Gasteiger partial charge in [0.25, 0.3) is 0 Å². The number of para-hydroxylation sites is 2. The first-order chi connectivity index (χ1) is 26.7. The van der Waals surface area contributed by atoms with Crippen LogP contribution >= 0.6 is 0 Å². The largest absolute Gasteiger partial charge is 0.309 e. The zero-order valence-corrected chi connectivity index (χ0v) is 29.4. The first-order valence-electron chi connectivity index (χ1n) is 18.5. The molecule has 0 saturated heterocycles. The summed E-state index contributed by atoms with van der Waals surface area (Å²) in [5.41, 5.74) is 16.2. The van der Waals surface area contributed by atoms with E-state index in [9.17, 15) is 0 Å². The topological polar surface area (TPSA) is 30.7 Å². The summed E-state index contributed by atoms with van der Waals surface area (Å²) in [5.74, 6) is 0.748. The van der Waals surface area contributed by atoms with Gasteiger partial charge in [0.15, 0.2) is 5.82 Å². The van der Waals surface area contributed by atoms with Gasteiger partial charge in [-0.2, -0.15) is 0 Å². The molecule has 0 amide bonds. The van der Waals surface area contributed by atoms with Crippen LogP contribution in [0, 0.1) is 0 Å². The zero-order valence-electron chi connectivity index (χ0n) is 29.4. The van der Waals surface area contributed by atoms with Crippen LogP contribution in [0.25, 0.3) is 94.4 Å². The van der Waals surface area contributed by atoms with Gasteiger partial charge >= 0.3 is 0 Å². The third-order valence-electron chi connectivity index (χ3n) is 11.0. The van der Waals surface area contributed by atoms with Gasteiger partial charge in [0.1, 0.15) is 0 Å². The van der Waals surface area contributed by atoms with Gasteiger partial charge in [-0.15, -0.1) is 0 Å². The molecule has 0 aliphatic heterocycles. The molecule has 0 spiro atoms. The van der Waals surface area contributed by atoms with E-state index in [0.717, 1.165) is 34.8 Å². The molecule has 1 aliphatic carbocycles. The van der Waals surface area contributed by atoms with Gasteiger partial charge < -0.3 is 4.57 Å². The normalized spacial score (nSPS) is 12.0. The molecule has 11 rings (SSSR count). The van der Waals surface area contributed by atoms with E-state index >= 15 is 0 Å². The van der Waals surface area contributed by atoms with Gasteiger partial charge in [0, 0.05) is 45.1 Å². The first-order valence-corrected chi connectivity index (χ1v) is 18.5. The van der Waals surface area contributed by atoms with Gasteiger partial charge in [-0.3, -0.25) is 0 Å². The Balaban J connectivity index is 1.01. The SMILES string of the molecule is c1ccc(-c2cccc(-c3nc(-c4ccccc4)nc4c3Cc3ccc(-c5ccc6cc(-n7c8ccccc8c8ccccc87)ccc6c5)cc3-4)c2)cc1. The maximum atomic E-state index is 5.28. The summed E-state index contributed by atoms with van der Waals surface area (Å²) in [6, 6.07) is 67.6. The molecule has 54 heavy (non-hydrogen) atoms. The third kappa shape index (κ3) is 4.97. The highest BCUT2D eigenvalue weighted by molar-refractivity contribution is 6.09. The molecule has 0 fully saturated rings. The Morgan fingerprint density at radius 2 is 0.963 bits per heavy atom. The molecule has 0 bridgehead atoms.